The molecule has 7 heteroatoms. The number of methoxy groups -OCH3 is 1. The molecule has 1 atom stereocenters. The van der Waals surface area contributed by atoms with Crippen LogP contribution in [0.1, 0.15) is 46.3 Å². The molecule has 1 aliphatic rings. The third-order valence-corrected chi connectivity index (χ3v) is 4.95. The molecule has 1 aliphatic heterocycles. The Kier molecular flexibility index (Phi) is 5.32. The fourth-order valence-electron chi connectivity index (χ4n) is 3.53. The summed E-state index contributed by atoms with van der Waals surface area (Å²) in [5, 5.41) is 0. The van der Waals surface area contributed by atoms with Crippen LogP contribution in [0, 0.1) is 0 Å². The van der Waals surface area contributed by atoms with Crippen molar-refractivity contribution in [2.45, 2.75) is 25.2 Å². The predicted octanol–water partition coefficient (Wildman–Crippen LogP) is 3.08. The molecule has 0 spiro atoms. The molecular formula is C21H22N4O3. The van der Waals surface area contributed by atoms with E-state index in [1.54, 1.807) is 25.7 Å². The lowest BCUT2D eigenvalue weighted by atomic mass is 9.97. The van der Waals surface area contributed by atoms with Crippen molar-refractivity contribution >= 4 is 5.91 Å². The molecule has 1 fully saturated rings. The number of hydrogen-bond donors (Lipinski definition) is 0. The Hall–Kier alpha value is -3.22. The first-order valence-corrected chi connectivity index (χ1v) is 9.35. The minimum absolute atomic E-state index is 0.0477. The van der Waals surface area contributed by atoms with Gasteiger partial charge in [-0.1, -0.05) is 12.1 Å². The summed E-state index contributed by atoms with van der Waals surface area (Å²) in [5.41, 5.74) is 1.61. The summed E-state index contributed by atoms with van der Waals surface area (Å²) in [5.74, 6) is 2.38. The van der Waals surface area contributed by atoms with Crippen molar-refractivity contribution in [1.82, 2.24) is 19.9 Å². The molecule has 2 aromatic heterocycles. The number of likely N-dealkylation sites (tertiary alicyclic amines) is 1. The van der Waals surface area contributed by atoms with Gasteiger partial charge in [0.05, 0.1) is 24.8 Å². The molecule has 0 bridgehead atoms. The van der Waals surface area contributed by atoms with Crippen molar-refractivity contribution in [1.29, 1.82) is 0 Å². The van der Waals surface area contributed by atoms with Gasteiger partial charge in [0, 0.05) is 31.9 Å². The van der Waals surface area contributed by atoms with Gasteiger partial charge in [0.15, 0.2) is 5.89 Å². The molecule has 1 aromatic carbocycles. The summed E-state index contributed by atoms with van der Waals surface area (Å²) in [6.45, 7) is 1.31. The van der Waals surface area contributed by atoms with Crippen molar-refractivity contribution in [3.63, 3.8) is 0 Å². The van der Waals surface area contributed by atoms with Crippen LogP contribution in [0.5, 0.6) is 5.75 Å². The largest absolute Gasteiger partial charge is 0.497 e. The molecule has 0 radical (unpaired) electrons. The lowest BCUT2D eigenvalue weighted by Gasteiger charge is -2.31. The Morgan fingerprint density at radius 2 is 2.14 bits per heavy atom. The molecule has 7 nitrogen and oxygen atoms in total. The van der Waals surface area contributed by atoms with E-state index in [0.717, 1.165) is 36.5 Å². The number of piperidine rings is 1. The predicted molar refractivity (Wildman–Crippen MR) is 102 cm³/mol. The van der Waals surface area contributed by atoms with Gasteiger partial charge in [-0.05, 0) is 30.5 Å². The highest BCUT2D eigenvalue weighted by Gasteiger charge is 2.28. The number of benzene rings is 1. The lowest BCUT2D eigenvalue weighted by molar-refractivity contribution is 0.0697. The summed E-state index contributed by atoms with van der Waals surface area (Å²) in [6.07, 6.45) is 8.83. The van der Waals surface area contributed by atoms with Crippen molar-refractivity contribution in [2.75, 3.05) is 20.2 Å². The third kappa shape index (κ3) is 4.03. The van der Waals surface area contributed by atoms with Gasteiger partial charge in [-0.3, -0.25) is 4.79 Å². The van der Waals surface area contributed by atoms with E-state index in [1.165, 1.54) is 6.33 Å². The second-order valence-corrected chi connectivity index (χ2v) is 6.91. The number of amides is 1. The minimum Gasteiger partial charge on any atom is -0.497 e. The molecule has 3 heterocycles. The number of carbonyl (C=O) groups excluding carboxylic acids is 1. The quantitative estimate of drug-likeness (QED) is 0.679. The van der Waals surface area contributed by atoms with E-state index in [4.69, 9.17) is 9.15 Å². The van der Waals surface area contributed by atoms with Gasteiger partial charge in [0.2, 0.25) is 0 Å². The second kappa shape index (κ2) is 8.21. The van der Waals surface area contributed by atoms with Crippen molar-refractivity contribution in [3.05, 3.63) is 72.0 Å². The first-order chi connectivity index (χ1) is 13.7. The number of aromatic nitrogens is 3. The normalized spacial score (nSPS) is 16.8. The summed E-state index contributed by atoms with van der Waals surface area (Å²) < 4.78 is 11.3. The number of oxazole rings is 1. The monoisotopic (exact) mass is 378 g/mol. The summed E-state index contributed by atoms with van der Waals surface area (Å²) >= 11 is 0. The van der Waals surface area contributed by atoms with Crippen LogP contribution in [0.3, 0.4) is 0 Å². The van der Waals surface area contributed by atoms with E-state index in [9.17, 15) is 4.79 Å². The van der Waals surface area contributed by atoms with Crippen molar-refractivity contribution in [2.24, 2.45) is 0 Å². The number of carbonyl (C=O) groups is 1. The van der Waals surface area contributed by atoms with Crippen LogP contribution in [-0.4, -0.2) is 46.0 Å². The maximum absolute atomic E-state index is 12.7. The number of nitrogens with zero attached hydrogens (tertiary/aromatic N) is 4. The van der Waals surface area contributed by atoms with Gasteiger partial charge >= 0.3 is 0 Å². The summed E-state index contributed by atoms with van der Waals surface area (Å²) in [4.78, 5) is 26.9. The fourth-order valence-corrected chi connectivity index (χ4v) is 3.53. The first kappa shape index (κ1) is 18.2. The van der Waals surface area contributed by atoms with E-state index < -0.39 is 0 Å². The molecule has 4 rings (SSSR count). The van der Waals surface area contributed by atoms with Gasteiger partial charge in [-0.25, -0.2) is 15.0 Å². The van der Waals surface area contributed by atoms with Gasteiger partial charge < -0.3 is 14.1 Å². The third-order valence-electron chi connectivity index (χ3n) is 4.95. The smallest absolute Gasteiger partial charge is 0.257 e. The van der Waals surface area contributed by atoms with Crippen LogP contribution in [0.25, 0.3) is 0 Å². The average Bonchev–Trinajstić information content (AvgIpc) is 3.22. The molecule has 1 unspecified atom stereocenters. The van der Waals surface area contributed by atoms with Crippen LogP contribution in [0.15, 0.2) is 53.6 Å². The SMILES string of the molecule is COc1cccc(Cc2cnc(C3CCCN(C(=O)c4cncnc4)C3)o2)c1. The van der Waals surface area contributed by atoms with E-state index in [1.807, 2.05) is 29.2 Å². The maximum Gasteiger partial charge on any atom is 0.257 e. The molecule has 1 saturated heterocycles. The van der Waals surface area contributed by atoms with E-state index in [2.05, 4.69) is 15.0 Å². The molecule has 28 heavy (non-hydrogen) atoms. The summed E-state index contributed by atoms with van der Waals surface area (Å²) in [7, 11) is 1.66. The molecule has 0 saturated carbocycles. The molecule has 3 aromatic rings. The number of ether oxygens (including phenoxy) is 1. The average molecular weight is 378 g/mol. The maximum atomic E-state index is 12.7. The zero-order valence-corrected chi connectivity index (χ0v) is 15.7. The highest BCUT2D eigenvalue weighted by atomic mass is 16.5. The van der Waals surface area contributed by atoms with Gasteiger partial charge in [-0.2, -0.15) is 0 Å². The Bertz CT molecular complexity index is 942. The van der Waals surface area contributed by atoms with Crippen LogP contribution in [0.4, 0.5) is 0 Å². The van der Waals surface area contributed by atoms with Crippen molar-refractivity contribution in [3.8, 4) is 5.75 Å². The van der Waals surface area contributed by atoms with E-state index in [0.29, 0.717) is 24.4 Å². The number of hydrogen-bond acceptors (Lipinski definition) is 6. The van der Waals surface area contributed by atoms with Crippen LogP contribution in [0.2, 0.25) is 0 Å². The van der Waals surface area contributed by atoms with Gasteiger partial charge in [-0.15, -0.1) is 0 Å². The van der Waals surface area contributed by atoms with Gasteiger partial charge in [0.1, 0.15) is 17.8 Å². The molecule has 1 amide bonds. The molecule has 144 valence electrons. The topological polar surface area (TPSA) is 81.4 Å². The van der Waals surface area contributed by atoms with Crippen molar-refractivity contribution < 1.29 is 13.9 Å². The van der Waals surface area contributed by atoms with Gasteiger partial charge in [0.25, 0.3) is 5.91 Å². The Balaban J connectivity index is 1.43. The van der Waals surface area contributed by atoms with Crippen LogP contribution >= 0.6 is 0 Å². The minimum atomic E-state index is -0.0477. The molecule has 0 N–H and O–H groups in total. The Labute approximate surface area is 163 Å². The van der Waals surface area contributed by atoms with Crippen LogP contribution in [-0.2, 0) is 6.42 Å². The molecular weight excluding hydrogens is 356 g/mol. The highest BCUT2D eigenvalue weighted by molar-refractivity contribution is 5.93. The first-order valence-electron chi connectivity index (χ1n) is 9.35. The van der Waals surface area contributed by atoms with E-state index >= 15 is 0 Å². The second-order valence-electron chi connectivity index (χ2n) is 6.91. The standard InChI is InChI=1S/C21H22N4O3/c1-27-18-6-2-4-15(8-18)9-19-12-24-20(28-19)16-5-3-7-25(13-16)21(26)17-10-22-14-23-11-17/h2,4,6,8,10-12,14,16H,3,5,7,9,13H2,1H3. The number of rotatable bonds is 5. The highest BCUT2D eigenvalue weighted by Crippen LogP contribution is 2.28. The van der Waals surface area contributed by atoms with Crippen LogP contribution < -0.4 is 4.74 Å². The fraction of sp³-hybridized carbons (Fsp3) is 0.333. The summed E-state index contributed by atoms with van der Waals surface area (Å²) in [6, 6.07) is 7.91. The molecule has 0 aliphatic carbocycles. The lowest BCUT2D eigenvalue weighted by Crippen LogP contribution is -2.39. The Morgan fingerprint density at radius 3 is 2.96 bits per heavy atom. The Morgan fingerprint density at radius 1 is 1.29 bits per heavy atom. The van der Waals surface area contributed by atoms with E-state index in [-0.39, 0.29) is 11.8 Å². The zero-order chi connectivity index (χ0) is 19.3. The zero-order valence-electron chi connectivity index (χ0n) is 15.7.